The molecule has 4 rings (SSSR count). The summed E-state index contributed by atoms with van der Waals surface area (Å²) < 4.78 is 24.3. The number of hydrogen-bond acceptors (Lipinski definition) is 6. The first kappa shape index (κ1) is 19.3. The van der Waals surface area contributed by atoms with E-state index in [-0.39, 0.29) is 29.1 Å². The highest BCUT2D eigenvalue weighted by Crippen LogP contribution is 2.26. The number of carbonyl (C=O) groups is 2. The Morgan fingerprint density at radius 1 is 1.07 bits per heavy atom. The van der Waals surface area contributed by atoms with Crippen molar-refractivity contribution in [3.8, 4) is 28.8 Å². The smallest absolute Gasteiger partial charge is 0.267 e. The van der Waals surface area contributed by atoms with Crippen molar-refractivity contribution < 1.29 is 23.5 Å². The summed E-state index contributed by atoms with van der Waals surface area (Å²) in [6.45, 7) is 0.514. The quantitative estimate of drug-likeness (QED) is 0.647. The fourth-order valence-electron chi connectivity index (χ4n) is 2.88. The number of nitrogens with one attached hydrogen (secondary N) is 1. The minimum atomic E-state index is -0.740. The van der Waals surface area contributed by atoms with Crippen LogP contribution in [0.25, 0.3) is 11.4 Å². The van der Waals surface area contributed by atoms with Crippen LogP contribution >= 0.6 is 0 Å². The van der Waals surface area contributed by atoms with Gasteiger partial charge in [-0.15, -0.1) is 0 Å². The maximum absolute atomic E-state index is 13.0. The molecular formula is C21H17FN4O4. The van der Waals surface area contributed by atoms with E-state index in [1.165, 1.54) is 30.3 Å². The number of rotatable bonds is 6. The molecule has 0 unspecified atom stereocenters. The van der Waals surface area contributed by atoms with E-state index < -0.39 is 12.0 Å². The van der Waals surface area contributed by atoms with E-state index in [2.05, 4.69) is 15.3 Å². The lowest BCUT2D eigenvalue weighted by Gasteiger charge is -2.12. The van der Waals surface area contributed by atoms with Gasteiger partial charge in [0.15, 0.2) is 11.9 Å². The number of halogens is 1. The number of nitrogens with zero attached hydrogens (tertiary/aromatic N) is 2. The predicted molar refractivity (Wildman–Crippen MR) is 105 cm³/mol. The van der Waals surface area contributed by atoms with Crippen molar-refractivity contribution in [1.82, 2.24) is 15.3 Å². The zero-order chi connectivity index (χ0) is 21.1. The van der Waals surface area contributed by atoms with E-state index in [1.54, 1.807) is 24.3 Å². The molecule has 3 N–H and O–H groups in total. The Balaban J connectivity index is 1.58. The third-order valence-electron chi connectivity index (χ3n) is 4.38. The first-order valence-corrected chi connectivity index (χ1v) is 9.15. The Morgan fingerprint density at radius 3 is 2.33 bits per heavy atom. The first-order valence-electron chi connectivity index (χ1n) is 9.15. The fraction of sp³-hybridized carbons (Fsp3) is 0.143. The molecular weight excluding hydrogens is 391 g/mol. The van der Waals surface area contributed by atoms with Gasteiger partial charge in [-0.1, -0.05) is 0 Å². The second-order valence-corrected chi connectivity index (χ2v) is 6.55. The van der Waals surface area contributed by atoms with Crippen molar-refractivity contribution in [2.75, 3.05) is 6.54 Å². The van der Waals surface area contributed by atoms with Gasteiger partial charge in [0.2, 0.25) is 5.88 Å². The Morgan fingerprint density at radius 2 is 1.73 bits per heavy atom. The zero-order valence-electron chi connectivity index (χ0n) is 15.7. The molecule has 9 heteroatoms. The molecule has 0 bridgehead atoms. The summed E-state index contributed by atoms with van der Waals surface area (Å²) in [6.07, 6.45) is -0.181. The number of benzene rings is 2. The summed E-state index contributed by atoms with van der Waals surface area (Å²) in [4.78, 5) is 31.9. The molecule has 1 atom stereocenters. The van der Waals surface area contributed by atoms with Gasteiger partial charge in [0.1, 0.15) is 23.0 Å². The Labute approximate surface area is 170 Å². The van der Waals surface area contributed by atoms with Gasteiger partial charge >= 0.3 is 0 Å². The van der Waals surface area contributed by atoms with E-state index in [1.807, 2.05) is 0 Å². The van der Waals surface area contributed by atoms with Gasteiger partial charge in [0, 0.05) is 24.6 Å². The average molecular weight is 408 g/mol. The molecule has 3 aromatic rings. The summed E-state index contributed by atoms with van der Waals surface area (Å²) in [5.41, 5.74) is 5.94. The molecule has 2 amide bonds. The normalized spacial score (nSPS) is 15.5. The summed E-state index contributed by atoms with van der Waals surface area (Å²) in [7, 11) is 0. The molecule has 1 aromatic heterocycles. The monoisotopic (exact) mass is 408 g/mol. The van der Waals surface area contributed by atoms with Gasteiger partial charge in [-0.05, 0) is 48.5 Å². The number of primary amides is 1. The average Bonchev–Trinajstić information content (AvgIpc) is 3.14. The van der Waals surface area contributed by atoms with Crippen LogP contribution in [-0.2, 0) is 4.79 Å². The van der Waals surface area contributed by atoms with Crippen LogP contribution in [-0.4, -0.2) is 34.4 Å². The molecule has 30 heavy (non-hydrogen) atoms. The highest BCUT2D eigenvalue weighted by atomic mass is 19.1. The van der Waals surface area contributed by atoms with E-state index >= 15 is 0 Å². The molecule has 2 heterocycles. The van der Waals surface area contributed by atoms with Crippen LogP contribution in [0.2, 0.25) is 0 Å². The Kier molecular flexibility index (Phi) is 5.25. The number of hydrogen-bond donors (Lipinski definition) is 2. The first-order chi connectivity index (χ1) is 14.5. The molecule has 1 fully saturated rings. The van der Waals surface area contributed by atoms with Crippen LogP contribution in [0.4, 0.5) is 4.39 Å². The molecule has 1 saturated heterocycles. The lowest BCUT2D eigenvalue weighted by atomic mass is 10.2. The Hall–Kier alpha value is -4.01. The van der Waals surface area contributed by atoms with Gasteiger partial charge in [0.05, 0.1) is 0 Å². The molecule has 0 aliphatic carbocycles. The summed E-state index contributed by atoms with van der Waals surface area (Å²) in [5, 5.41) is 2.67. The largest absolute Gasteiger partial charge is 0.464 e. The van der Waals surface area contributed by atoms with Crippen LogP contribution in [0.1, 0.15) is 16.9 Å². The van der Waals surface area contributed by atoms with Gasteiger partial charge in [-0.2, -0.15) is 4.98 Å². The van der Waals surface area contributed by atoms with Gasteiger partial charge < -0.3 is 20.5 Å². The minimum absolute atomic E-state index is 0.0277. The second kappa shape index (κ2) is 8.16. The number of nitrogens with two attached hydrogens (primary N) is 1. The van der Waals surface area contributed by atoms with E-state index in [4.69, 9.17) is 15.2 Å². The third kappa shape index (κ3) is 4.35. The van der Waals surface area contributed by atoms with Gasteiger partial charge in [0.25, 0.3) is 11.8 Å². The second-order valence-electron chi connectivity index (χ2n) is 6.55. The van der Waals surface area contributed by atoms with Crippen molar-refractivity contribution in [1.29, 1.82) is 0 Å². The lowest BCUT2D eigenvalue weighted by molar-refractivity contribution is -0.125. The maximum Gasteiger partial charge on any atom is 0.267 e. The maximum atomic E-state index is 13.0. The van der Waals surface area contributed by atoms with Crippen molar-refractivity contribution in [3.05, 3.63) is 66.1 Å². The number of carbonyl (C=O) groups excluding carboxylic acids is 2. The molecule has 0 spiro atoms. The van der Waals surface area contributed by atoms with Crippen LogP contribution in [0.5, 0.6) is 17.4 Å². The van der Waals surface area contributed by atoms with Crippen molar-refractivity contribution in [2.45, 2.75) is 12.5 Å². The summed E-state index contributed by atoms with van der Waals surface area (Å²) in [6, 6.07) is 13.7. The van der Waals surface area contributed by atoms with Crippen molar-refractivity contribution in [2.24, 2.45) is 5.73 Å². The van der Waals surface area contributed by atoms with Gasteiger partial charge in [-0.3, -0.25) is 9.59 Å². The number of aromatic nitrogens is 2. The summed E-state index contributed by atoms with van der Waals surface area (Å²) in [5.74, 6) is -0.0151. The molecule has 0 saturated carbocycles. The van der Waals surface area contributed by atoms with Crippen molar-refractivity contribution >= 4 is 11.8 Å². The molecule has 1 aliphatic rings. The molecule has 0 radical (unpaired) electrons. The predicted octanol–water partition coefficient (Wildman–Crippen LogP) is 2.44. The fourth-order valence-corrected chi connectivity index (χ4v) is 2.88. The standard InChI is InChI=1S/C21H17FN4O4/c22-13-3-7-15(8-4-13)29-14-5-1-12(2-6-14)20-25-16(19(23)27)11-18(26-20)30-17-9-10-24-21(17)28/h1-8,11,17H,9-10H2,(H2,23,27)(H,24,28)/t17-/m0/s1. The van der Waals surface area contributed by atoms with Crippen LogP contribution in [0, 0.1) is 5.82 Å². The minimum Gasteiger partial charge on any atom is -0.464 e. The highest BCUT2D eigenvalue weighted by molar-refractivity contribution is 5.91. The van der Waals surface area contributed by atoms with Crippen molar-refractivity contribution in [3.63, 3.8) is 0 Å². The van der Waals surface area contributed by atoms with E-state index in [0.29, 0.717) is 30.0 Å². The Bertz CT molecular complexity index is 1090. The highest BCUT2D eigenvalue weighted by Gasteiger charge is 2.27. The topological polar surface area (TPSA) is 116 Å². The van der Waals surface area contributed by atoms with Crippen LogP contribution in [0.3, 0.4) is 0 Å². The summed E-state index contributed by atoms with van der Waals surface area (Å²) >= 11 is 0. The van der Waals surface area contributed by atoms with Crippen LogP contribution < -0.4 is 20.5 Å². The zero-order valence-corrected chi connectivity index (χ0v) is 15.7. The SMILES string of the molecule is NC(=O)c1cc(O[C@H]2CCNC2=O)nc(-c2ccc(Oc3ccc(F)cc3)cc2)n1. The molecule has 152 valence electrons. The van der Waals surface area contributed by atoms with E-state index in [0.717, 1.165) is 0 Å². The molecule has 8 nitrogen and oxygen atoms in total. The number of amides is 2. The van der Waals surface area contributed by atoms with Crippen LogP contribution in [0.15, 0.2) is 54.6 Å². The molecule has 1 aliphatic heterocycles. The number of ether oxygens (including phenoxy) is 2. The molecule has 2 aromatic carbocycles. The van der Waals surface area contributed by atoms with E-state index in [9.17, 15) is 14.0 Å². The lowest BCUT2D eigenvalue weighted by Crippen LogP contribution is -2.28. The van der Waals surface area contributed by atoms with Gasteiger partial charge in [-0.25, -0.2) is 9.37 Å². The third-order valence-corrected chi connectivity index (χ3v) is 4.38.